The Bertz CT molecular complexity index is 547. The Kier molecular flexibility index (Phi) is 5.55. The number of hydrogen-bond acceptors (Lipinski definition) is 3. The molecule has 20 heavy (non-hydrogen) atoms. The molecule has 0 amide bonds. The SMILES string of the molecule is CCCNC(CSC(C)C)c1cc2cc(C)ccc2o1. The van der Waals surface area contributed by atoms with Gasteiger partial charge in [0.15, 0.2) is 0 Å². The van der Waals surface area contributed by atoms with Gasteiger partial charge in [0.2, 0.25) is 0 Å². The van der Waals surface area contributed by atoms with Gasteiger partial charge in [-0.05, 0) is 43.3 Å². The van der Waals surface area contributed by atoms with Crippen LogP contribution in [0.15, 0.2) is 28.7 Å². The first kappa shape index (κ1) is 15.5. The number of thioether (sulfide) groups is 1. The van der Waals surface area contributed by atoms with Crippen molar-refractivity contribution < 1.29 is 4.42 Å². The molecule has 2 rings (SSSR count). The molecule has 0 saturated carbocycles. The second-order valence-corrected chi connectivity index (χ2v) is 7.19. The van der Waals surface area contributed by atoms with Gasteiger partial charge in [0, 0.05) is 11.1 Å². The summed E-state index contributed by atoms with van der Waals surface area (Å²) < 4.78 is 6.04. The Morgan fingerprint density at radius 3 is 2.75 bits per heavy atom. The maximum Gasteiger partial charge on any atom is 0.134 e. The molecule has 1 unspecified atom stereocenters. The number of hydrogen-bond donors (Lipinski definition) is 1. The van der Waals surface area contributed by atoms with Crippen molar-refractivity contribution in [2.75, 3.05) is 12.3 Å². The quantitative estimate of drug-likeness (QED) is 0.783. The highest BCUT2D eigenvalue weighted by Crippen LogP contribution is 2.28. The van der Waals surface area contributed by atoms with E-state index in [-0.39, 0.29) is 0 Å². The second kappa shape index (κ2) is 7.19. The van der Waals surface area contributed by atoms with Crippen molar-refractivity contribution in [2.24, 2.45) is 0 Å². The molecule has 0 aliphatic heterocycles. The van der Waals surface area contributed by atoms with Crippen LogP contribution in [-0.4, -0.2) is 17.5 Å². The van der Waals surface area contributed by atoms with Gasteiger partial charge in [-0.25, -0.2) is 0 Å². The largest absolute Gasteiger partial charge is 0.459 e. The van der Waals surface area contributed by atoms with Gasteiger partial charge in [0.25, 0.3) is 0 Å². The van der Waals surface area contributed by atoms with E-state index in [9.17, 15) is 0 Å². The van der Waals surface area contributed by atoms with Crippen molar-refractivity contribution in [1.29, 1.82) is 0 Å². The minimum absolute atomic E-state index is 0.301. The molecule has 1 N–H and O–H groups in total. The molecule has 3 heteroatoms. The zero-order valence-electron chi connectivity index (χ0n) is 12.9. The summed E-state index contributed by atoms with van der Waals surface area (Å²) in [5.74, 6) is 2.11. The van der Waals surface area contributed by atoms with Crippen LogP contribution >= 0.6 is 11.8 Å². The molecule has 0 aliphatic rings. The molecule has 2 nitrogen and oxygen atoms in total. The molecule has 1 atom stereocenters. The predicted octanol–water partition coefficient (Wildman–Crippen LogP) is 4.92. The fourth-order valence-corrected chi connectivity index (χ4v) is 3.06. The summed E-state index contributed by atoms with van der Waals surface area (Å²) in [6.45, 7) is 9.82. The molecule has 1 aromatic heterocycles. The fraction of sp³-hybridized carbons (Fsp3) is 0.529. The summed E-state index contributed by atoms with van der Waals surface area (Å²) in [6, 6.07) is 8.86. The third-order valence-electron chi connectivity index (χ3n) is 3.27. The predicted molar refractivity (Wildman–Crippen MR) is 89.6 cm³/mol. The molecule has 0 radical (unpaired) electrons. The van der Waals surface area contributed by atoms with Gasteiger partial charge in [0.1, 0.15) is 11.3 Å². The smallest absolute Gasteiger partial charge is 0.134 e. The average molecular weight is 291 g/mol. The standard InChI is InChI=1S/C17H25NOS/c1-5-8-18-15(11-20-12(2)3)17-10-14-9-13(4)6-7-16(14)19-17/h6-7,9-10,12,15,18H,5,8,11H2,1-4H3. The first-order valence-electron chi connectivity index (χ1n) is 7.45. The summed E-state index contributed by atoms with van der Waals surface area (Å²) in [6.07, 6.45) is 1.14. The van der Waals surface area contributed by atoms with Gasteiger partial charge in [-0.1, -0.05) is 32.4 Å². The van der Waals surface area contributed by atoms with Crippen LogP contribution in [0.1, 0.15) is 44.6 Å². The van der Waals surface area contributed by atoms with Gasteiger partial charge in [0.05, 0.1) is 6.04 Å². The summed E-state index contributed by atoms with van der Waals surface area (Å²) >= 11 is 1.98. The Morgan fingerprint density at radius 1 is 1.25 bits per heavy atom. The van der Waals surface area contributed by atoms with Crippen LogP contribution in [0.4, 0.5) is 0 Å². The van der Waals surface area contributed by atoms with Crippen LogP contribution in [0, 0.1) is 6.92 Å². The molecule has 1 aromatic carbocycles. The van der Waals surface area contributed by atoms with Gasteiger partial charge in [-0.2, -0.15) is 11.8 Å². The molecule has 2 aromatic rings. The van der Waals surface area contributed by atoms with Gasteiger partial charge in [-0.3, -0.25) is 0 Å². The Balaban J connectivity index is 2.20. The highest BCUT2D eigenvalue weighted by molar-refractivity contribution is 7.99. The number of rotatable bonds is 7. The van der Waals surface area contributed by atoms with Gasteiger partial charge >= 0.3 is 0 Å². The van der Waals surface area contributed by atoms with Crippen LogP contribution < -0.4 is 5.32 Å². The topological polar surface area (TPSA) is 25.2 Å². The molecule has 0 saturated heterocycles. The number of furan rings is 1. The summed E-state index contributed by atoms with van der Waals surface area (Å²) in [5.41, 5.74) is 2.27. The summed E-state index contributed by atoms with van der Waals surface area (Å²) in [7, 11) is 0. The average Bonchev–Trinajstić information content (AvgIpc) is 2.81. The second-order valence-electron chi connectivity index (χ2n) is 5.58. The minimum Gasteiger partial charge on any atom is -0.459 e. The van der Waals surface area contributed by atoms with Crippen LogP contribution in [0.2, 0.25) is 0 Å². The Morgan fingerprint density at radius 2 is 2.05 bits per heavy atom. The van der Waals surface area contributed by atoms with Crippen molar-refractivity contribution >= 4 is 22.7 Å². The van der Waals surface area contributed by atoms with Crippen LogP contribution in [0.25, 0.3) is 11.0 Å². The van der Waals surface area contributed by atoms with Crippen molar-refractivity contribution in [3.63, 3.8) is 0 Å². The van der Waals surface area contributed by atoms with E-state index >= 15 is 0 Å². The molecule has 110 valence electrons. The van der Waals surface area contributed by atoms with Crippen LogP contribution in [-0.2, 0) is 0 Å². The van der Waals surface area contributed by atoms with E-state index in [0.717, 1.165) is 30.1 Å². The maximum atomic E-state index is 6.04. The third kappa shape index (κ3) is 4.03. The molecule has 1 heterocycles. The highest BCUT2D eigenvalue weighted by Gasteiger charge is 2.16. The zero-order chi connectivity index (χ0) is 14.5. The van der Waals surface area contributed by atoms with Crippen molar-refractivity contribution in [1.82, 2.24) is 5.32 Å². The number of benzene rings is 1. The normalized spacial score (nSPS) is 13.2. The summed E-state index contributed by atoms with van der Waals surface area (Å²) in [4.78, 5) is 0. The van der Waals surface area contributed by atoms with Gasteiger partial charge < -0.3 is 9.73 Å². The minimum atomic E-state index is 0.301. The zero-order valence-corrected chi connectivity index (χ0v) is 13.7. The monoisotopic (exact) mass is 291 g/mol. The van der Waals surface area contributed by atoms with Crippen molar-refractivity contribution in [2.45, 2.75) is 45.4 Å². The third-order valence-corrected chi connectivity index (χ3v) is 4.46. The van der Waals surface area contributed by atoms with Crippen molar-refractivity contribution in [3.8, 4) is 0 Å². The lowest BCUT2D eigenvalue weighted by atomic mass is 10.1. The van der Waals surface area contributed by atoms with E-state index in [4.69, 9.17) is 4.42 Å². The number of aryl methyl sites for hydroxylation is 1. The number of fused-ring (bicyclic) bond motifs is 1. The molecule has 0 spiro atoms. The molecule has 0 aliphatic carbocycles. The first-order chi connectivity index (χ1) is 9.60. The Labute approximate surface area is 126 Å². The Hall–Kier alpha value is -0.930. The van der Waals surface area contributed by atoms with E-state index in [1.165, 1.54) is 10.9 Å². The molecule has 0 fully saturated rings. The molecular formula is C17H25NOS. The summed E-state index contributed by atoms with van der Waals surface area (Å²) in [5, 5.41) is 5.45. The maximum absolute atomic E-state index is 6.04. The van der Waals surface area contributed by atoms with E-state index in [0.29, 0.717) is 11.3 Å². The van der Waals surface area contributed by atoms with E-state index in [1.807, 2.05) is 11.8 Å². The van der Waals surface area contributed by atoms with E-state index < -0.39 is 0 Å². The lowest BCUT2D eigenvalue weighted by Gasteiger charge is -2.17. The number of nitrogens with one attached hydrogen (secondary N) is 1. The fourth-order valence-electron chi connectivity index (χ4n) is 2.20. The lowest BCUT2D eigenvalue weighted by molar-refractivity contribution is 0.456. The lowest BCUT2D eigenvalue weighted by Crippen LogP contribution is -2.24. The first-order valence-corrected chi connectivity index (χ1v) is 8.50. The van der Waals surface area contributed by atoms with E-state index in [2.05, 4.69) is 57.3 Å². The van der Waals surface area contributed by atoms with Crippen molar-refractivity contribution in [3.05, 3.63) is 35.6 Å². The molecule has 0 bridgehead atoms. The van der Waals surface area contributed by atoms with Gasteiger partial charge in [-0.15, -0.1) is 0 Å². The van der Waals surface area contributed by atoms with E-state index in [1.54, 1.807) is 0 Å². The van der Waals surface area contributed by atoms with Crippen LogP contribution in [0.5, 0.6) is 0 Å². The highest BCUT2D eigenvalue weighted by atomic mass is 32.2. The molecular weight excluding hydrogens is 266 g/mol. The van der Waals surface area contributed by atoms with Crippen LogP contribution in [0.3, 0.4) is 0 Å².